The van der Waals surface area contributed by atoms with Crippen molar-refractivity contribution in [3.8, 4) is 0 Å². The van der Waals surface area contributed by atoms with Gasteiger partial charge in [-0.3, -0.25) is 9.78 Å². The molecule has 0 aliphatic rings. The van der Waals surface area contributed by atoms with Crippen LogP contribution in [0.2, 0.25) is 0 Å². The quantitative estimate of drug-likeness (QED) is 0.834. The zero-order chi connectivity index (χ0) is 14.2. The Bertz CT molecular complexity index is 541. The number of aromatic nitrogens is 3. The number of pyridine rings is 1. The van der Waals surface area contributed by atoms with Gasteiger partial charge >= 0.3 is 0 Å². The van der Waals surface area contributed by atoms with Gasteiger partial charge < -0.3 is 10.6 Å². The molecule has 0 saturated heterocycles. The van der Waals surface area contributed by atoms with Crippen molar-refractivity contribution in [2.45, 2.75) is 19.9 Å². The Morgan fingerprint density at radius 2 is 2.10 bits per heavy atom. The maximum absolute atomic E-state index is 11.9. The normalized spacial score (nSPS) is 10.1. The number of carbonyl (C=O) groups excluding carboxylic acids is 1. The van der Waals surface area contributed by atoms with E-state index in [0.717, 1.165) is 18.7 Å². The molecule has 2 rings (SSSR count). The fraction of sp³-hybridized carbons (Fsp3) is 0.286. The minimum atomic E-state index is -0.259. The number of nitrogens with one attached hydrogen (secondary N) is 2. The van der Waals surface area contributed by atoms with Crippen LogP contribution >= 0.6 is 0 Å². The van der Waals surface area contributed by atoms with Crippen molar-refractivity contribution in [2.75, 3.05) is 11.9 Å². The van der Waals surface area contributed by atoms with Crippen LogP contribution in [0.1, 0.15) is 29.5 Å². The van der Waals surface area contributed by atoms with Crippen molar-refractivity contribution in [2.24, 2.45) is 0 Å². The summed E-state index contributed by atoms with van der Waals surface area (Å²) in [4.78, 5) is 24.2. The Balaban J connectivity index is 1.89. The molecule has 2 aromatic heterocycles. The molecule has 20 heavy (non-hydrogen) atoms. The average molecular weight is 271 g/mol. The molecule has 2 heterocycles. The van der Waals surface area contributed by atoms with Gasteiger partial charge in [0.2, 0.25) is 0 Å². The number of amides is 1. The molecule has 0 aromatic carbocycles. The molecule has 0 atom stereocenters. The van der Waals surface area contributed by atoms with E-state index in [1.807, 2.05) is 18.2 Å². The summed E-state index contributed by atoms with van der Waals surface area (Å²) in [7, 11) is 0. The van der Waals surface area contributed by atoms with Crippen LogP contribution in [0.3, 0.4) is 0 Å². The predicted octanol–water partition coefficient (Wildman–Crippen LogP) is 1.62. The van der Waals surface area contributed by atoms with Gasteiger partial charge in [0.1, 0.15) is 11.5 Å². The average Bonchev–Trinajstić information content (AvgIpc) is 2.52. The van der Waals surface area contributed by atoms with Crippen LogP contribution in [0, 0.1) is 0 Å². The fourth-order valence-corrected chi connectivity index (χ4v) is 1.55. The highest BCUT2D eigenvalue weighted by Crippen LogP contribution is 2.01. The molecule has 0 radical (unpaired) electrons. The molecule has 2 aromatic rings. The number of rotatable bonds is 6. The predicted molar refractivity (Wildman–Crippen MR) is 76.2 cm³/mol. The van der Waals surface area contributed by atoms with Crippen LogP contribution in [0.15, 0.2) is 36.8 Å². The molecule has 104 valence electrons. The van der Waals surface area contributed by atoms with Crippen molar-refractivity contribution in [1.29, 1.82) is 0 Å². The highest BCUT2D eigenvalue weighted by atomic mass is 16.1. The van der Waals surface area contributed by atoms with Gasteiger partial charge in [-0.05, 0) is 18.6 Å². The molecule has 0 aliphatic heterocycles. The van der Waals surface area contributed by atoms with Crippen molar-refractivity contribution < 1.29 is 4.79 Å². The van der Waals surface area contributed by atoms with Gasteiger partial charge in [-0.1, -0.05) is 13.0 Å². The molecule has 0 aliphatic carbocycles. The maximum atomic E-state index is 11.9. The third-order valence-electron chi connectivity index (χ3n) is 2.60. The Kier molecular flexibility index (Phi) is 5.00. The van der Waals surface area contributed by atoms with E-state index in [9.17, 15) is 4.79 Å². The maximum Gasteiger partial charge on any atom is 0.271 e. The molecule has 6 heteroatoms. The topological polar surface area (TPSA) is 79.8 Å². The fourth-order valence-electron chi connectivity index (χ4n) is 1.55. The van der Waals surface area contributed by atoms with E-state index in [1.165, 1.54) is 6.20 Å². The first kappa shape index (κ1) is 13.9. The van der Waals surface area contributed by atoms with Crippen molar-refractivity contribution in [3.05, 3.63) is 48.2 Å². The zero-order valence-corrected chi connectivity index (χ0v) is 11.3. The van der Waals surface area contributed by atoms with Gasteiger partial charge in [-0.25, -0.2) is 9.97 Å². The second kappa shape index (κ2) is 7.18. The van der Waals surface area contributed by atoms with Crippen LogP contribution < -0.4 is 10.6 Å². The molecule has 0 bridgehead atoms. The third kappa shape index (κ3) is 4.01. The van der Waals surface area contributed by atoms with Crippen LogP contribution in [-0.4, -0.2) is 27.4 Å². The van der Waals surface area contributed by atoms with Gasteiger partial charge in [-0.2, -0.15) is 0 Å². The number of carbonyl (C=O) groups is 1. The van der Waals surface area contributed by atoms with Crippen molar-refractivity contribution in [3.63, 3.8) is 0 Å². The SMILES string of the molecule is CCCNc1cnc(C(=O)NCc2ccccn2)cn1. The lowest BCUT2D eigenvalue weighted by Gasteiger charge is -2.05. The van der Waals surface area contributed by atoms with E-state index in [2.05, 4.69) is 32.5 Å². The second-order valence-corrected chi connectivity index (χ2v) is 4.22. The van der Waals surface area contributed by atoms with Gasteiger partial charge in [0, 0.05) is 12.7 Å². The summed E-state index contributed by atoms with van der Waals surface area (Å²) in [6, 6.07) is 5.56. The first-order valence-electron chi connectivity index (χ1n) is 6.53. The smallest absolute Gasteiger partial charge is 0.271 e. The molecule has 0 unspecified atom stereocenters. The summed E-state index contributed by atoms with van der Waals surface area (Å²) in [5.74, 6) is 0.415. The van der Waals surface area contributed by atoms with E-state index in [0.29, 0.717) is 18.1 Å². The highest BCUT2D eigenvalue weighted by Gasteiger charge is 2.07. The number of hydrogen-bond acceptors (Lipinski definition) is 5. The minimum absolute atomic E-state index is 0.259. The van der Waals surface area contributed by atoms with Crippen molar-refractivity contribution in [1.82, 2.24) is 20.3 Å². The van der Waals surface area contributed by atoms with E-state index in [4.69, 9.17) is 0 Å². The van der Waals surface area contributed by atoms with Crippen LogP contribution in [0.4, 0.5) is 5.82 Å². The summed E-state index contributed by atoms with van der Waals surface area (Å²) in [6.45, 7) is 3.27. The monoisotopic (exact) mass is 271 g/mol. The van der Waals surface area contributed by atoms with Crippen LogP contribution in [0.5, 0.6) is 0 Å². The number of nitrogens with zero attached hydrogens (tertiary/aromatic N) is 3. The van der Waals surface area contributed by atoms with E-state index >= 15 is 0 Å². The Labute approximate surface area is 117 Å². The highest BCUT2D eigenvalue weighted by molar-refractivity contribution is 5.91. The molecular weight excluding hydrogens is 254 g/mol. The summed E-state index contributed by atoms with van der Waals surface area (Å²) in [5.41, 5.74) is 1.10. The second-order valence-electron chi connectivity index (χ2n) is 4.22. The van der Waals surface area contributed by atoms with Crippen molar-refractivity contribution >= 4 is 11.7 Å². The lowest BCUT2D eigenvalue weighted by Crippen LogP contribution is -2.24. The Hall–Kier alpha value is -2.50. The lowest BCUT2D eigenvalue weighted by atomic mass is 10.3. The first-order valence-corrected chi connectivity index (χ1v) is 6.53. The summed E-state index contributed by atoms with van der Waals surface area (Å²) >= 11 is 0. The van der Waals surface area contributed by atoms with E-state index < -0.39 is 0 Å². The molecular formula is C14H17N5O. The first-order chi connectivity index (χ1) is 9.79. The van der Waals surface area contributed by atoms with Gasteiger partial charge in [0.25, 0.3) is 5.91 Å². The summed E-state index contributed by atoms with van der Waals surface area (Å²) < 4.78 is 0. The molecule has 2 N–H and O–H groups in total. The Morgan fingerprint density at radius 3 is 2.75 bits per heavy atom. The largest absolute Gasteiger partial charge is 0.369 e. The Morgan fingerprint density at radius 1 is 1.20 bits per heavy atom. The van der Waals surface area contributed by atoms with Gasteiger partial charge in [0.05, 0.1) is 24.6 Å². The van der Waals surface area contributed by atoms with Gasteiger partial charge in [-0.15, -0.1) is 0 Å². The lowest BCUT2D eigenvalue weighted by molar-refractivity contribution is 0.0945. The number of anilines is 1. The minimum Gasteiger partial charge on any atom is -0.369 e. The zero-order valence-electron chi connectivity index (χ0n) is 11.3. The standard InChI is InChI=1S/C14H17N5O/c1-2-6-16-13-10-17-12(9-18-13)14(20)19-8-11-5-3-4-7-15-11/h3-5,7,9-10H,2,6,8H2,1H3,(H,16,18)(H,19,20). The van der Waals surface area contributed by atoms with Crippen LogP contribution in [-0.2, 0) is 6.54 Å². The van der Waals surface area contributed by atoms with Gasteiger partial charge in [0.15, 0.2) is 0 Å². The molecule has 0 saturated carbocycles. The number of hydrogen-bond donors (Lipinski definition) is 2. The third-order valence-corrected chi connectivity index (χ3v) is 2.60. The summed E-state index contributed by atoms with van der Waals surface area (Å²) in [5, 5.41) is 5.86. The molecule has 1 amide bonds. The molecule has 0 spiro atoms. The van der Waals surface area contributed by atoms with Crippen LogP contribution in [0.25, 0.3) is 0 Å². The van der Waals surface area contributed by atoms with E-state index in [1.54, 1.807) is 12.4 Å². The summed E-state index contributed by atoms with van der Waals surface area (Å²) in [6.07, 6.45) is 5.72. The van der Waals surface area contributed by atoms with E-state index in [-0.39, 0.29) is 5.91 Å². The molecule has 6 nitrogen and oxygen atoms in total. The molecule has 0 fully saturated rings.